The van der Waals surface area contributed by atoms with Gasteiger partial charge in [-0.2, -0.15) is 0 Å². The van der Waals surface area contributed by atoms with E-state index in [9.17, 15) is 9.50 Å². The van der Waals surface area contributed by atoms with E-state index in [4.69, 9.17) is 4.74 Å². The van der Waals surface area contributed by atoms with Crippen LogP contribution in [-0.4, -0.2) is 12.2 Å². The molecule has 19 heavy (non-hydrogen) atoms. The second kappa shape index (κ2) is 4.78. The average molecular weight is 264 g/mol. The average Bonchev–Trinajstić information content (AvgIpc) is 3.23. The molecule has 2 unspecified atom stereocenters. The van der Waals surface area contributed by atoms with Gasteiger partial charge in [-0.05, 0) is 56.4 Å². The molecule has 0 radical (unpaired) electrons. The summed E-state index contributed by atoms with van der Waals surface area (Å²) in [7, 11) is 1.46. The van der Waals surface area contributed by atoms with Crippen LogP contribution in [0.25, 0.3) is 0 Å². The monoisotopic (exact) mass is 264 g/mol. The van der Waals surface area contributed by atoms with Crippen LogP contribution in [-0.2, 0) is 5.60 Å². The summed E-state index contributed by atoms with van der Waals surface area (Å²) in [5.41, 5.74) is -0.596. The van der Waals surface area contributed by atoms with E-state index in [1.807, 2.05) is 0 Å². The van der Waals surface area contributed by atoms with Gasteiger partial charge in [0.05, 0.1) is 12.7 Å². The Balaban J connectivity index is 1.90. The Labute approximate surface area is 113 Å². The fourth-order valence-electron chi connectivity index (χ4n) is 3.54. The van der Waals surface area contributed by atoms with Crippen LogP contribution in [0.2, 0.25) is 0 Å². The van der Waals surface area contributed by atoms with Crippen molar-refractivity contribution in [1.29, 1.82) is 0 Å². The van der Waals surface area contributed by atoms with Gasteiger partial charge in [0.15, 0.2) is 11.6 Å². The zero-order chi connectivity index (χ0) is 13.5. The van der Waals surface area contributed by atoms with Crippen LogP contribution in [0.5, 0.6) is 5.75 Å². The Morgan fingerprint density at radius 2 is 2.05 bits per heavy atom. The normalized spacial score (nSPS) is 31.2. The molecule has 2 atom stereocenters. The Morgan fingerprint density at radius 1 is 1.26 bits per heavy atom. The van der Waals surface area contributed by atoms with E-state index in [0.29, 0.717) is 24.3 Å². The van der Waals surface area contributed by atoms with Gasteiger partial charge in [-0.25, -0.2) is 4.39 Å². The van der Waals surface area contributed by atoms with Crippen molar-refractivity contribution >= 4 is 0 Å². The van der Waals surface area contributed by atoms with Crippen molar-refractivity contribution in [3.8, 4) is 5.75 Å². The van der Waals surface area contributed by atoms with Crippen molar-refractivity contribution in [3.63, 3.8) is 0 Å². The molecule has 0 aliphatic heterocycles. The topological polar surface area (TPSA) is 29.5 Å². The number of halogens is 1. The maximum absolute atomic E-state index is 14.4. The number of hydrogen-bond acceptors (Lipinski definition) is 2. The van der Waals surface area contributed by atoms with Crippen molar-refractivity contribution in [2.75, 3.05) is 7.11 Å². The molecule has 0 aromatic heterocycles. The molecule has 2 fully saturated rings. The number of methoxy groups -OCH3 is 1. The van der Waals surface area contributed by atoms with Crippen molar-refractivity contribution in [3.05, 3.63) is 29.6 Å². The fourth-order valence-corrected chi connectivity index (χ4v) is 3.54. The minimum absolute atomic E-state index is 0.222. The van der Waals surface area contributed by atoms with Crippen LogP contribution in [0.15, 0.2) is 18.2 Å². The maximum atomic E-state index is 14.4. The quantitative estimate of drug-likeness (QED) is 0.903. The Kier molecular flexibility index (Phi) is 3.25. The van der Waals surface area contributed by atoms with E-state index >= 15 is 0 Å². The van der Waals surface area contributed by atoms with E-state index in [-0.39, 0.29) is 5.75 Å². The van der Waals surface area contributed by atoms with Gasteiger partial charge < -0.3 is 9.84 Å². The minimum Gasteiger partial charge on any atom is -0.494 e. The summed E-state index contributed by atoms with van der Waals surface area (Å²) in [5.74, 6) is 1.15. The van der Waals surface area contributed by atoms with Gasteiger partial charge in [0.1, 0.15) is 0 Å². The Bertz CT molecular complexity index is 470. The zero-order valence-electron chi connectivity index (χ0n) is 11.4. The Morgan fingerprint density at radius 3 is 2.74 bits per heavy atom. The Hall–Kier alpha value is -1.09. The molecule has 3 heteroatoms. The SMILES string of the molecule is COc1cccc(C2(O)CCCC(C3CC3)C2)c1F. The summed E-state index contributed by atoms with van der Waals surface area (Å²) < 4.78 is 19.4. The highest BCUT2D eigenvalue weighted by atomic mass is 19.1. The standard InChI is InChI=1S/C16H21FO2/c1-19-14-6-2-5-13(15(14)17)16(18)9-3-4-12(10-16)11-7-8-11/h2,5-6,11-12,18H,3-4,7-10H2,1H3. The number of rotatable bonds is 3. The van der Waals surface area contributed by atoms with E-state index in [2.05, 4.69) is 0 Å². The molecule has 1 N–H and O–H groups in total. The van der Waals surface area contributed by atoms with Crippen LogP contribution in [0.3, 0.4) is 0 Å². The lowest BCUT2D eigenvalue weighted by Gasteiger charge is -2.37. The summed E-state index contributed by atoms with van der Waals surface area (Å²) >= 11 is 0. The molecule has 1 aromatic rings. The molecule has 2 aliphatic rings. The van der Waals surface area contributed by atoms with Gasteiger partial charge in [0.25, 0.3) is 0 Å². The molecule has 3 rings (SSSR count). The van der Waals surface area contributed by atoms with Crippen molar-refractivity contribution < 1.29 is 14.2 Å². The fraction of sp³-hybridized carbons (Fsp3) is 0.625. The summed E-state index contributed by atoms with van der Waals surface area (Å²) in [6.45, 7) is 0. The number of ether oxygens (including phenoxy) is 1. The van der Waals surface area contributed by atoms with E-state index in [1.165, 1.54) is 26.4 Å². The van der Waals surface area contributed by atoms with Crippen molar-refractivity contribution in [1.82, 2.24) is 0 Å². The van der Waals surface area contributed by atoms with Gasteiger partial charge in [-0.15, -0.1) is 0 Å². The zero-order valence-corrected chi connectivity index (χ0v) is 11.4. The second-order valence-corrected chi connectivity index (χ2v) is 6.05. The summed E-state index contributed by atoms with van der Waals surface area (Å²) in [5, 5.41) is 10.9. The third-order valence-corrected chi connectivity index (χ3v) is 4.74. The highest BCUT2D eigenvalue weighted by Gasteiger charge is 2.43. The van der Waals surface area contributed by atoms with Crippen LogP contribution >= 0.6 is 0 Å². The van der Waals surface area contributed by atoms with Crippen LogP contribution < -0.4 is 4.74 Å². The van der Waals surface area contributed by atoms with Gasteiger partial charge >= 0.3 is 0 Å². The lowest BCUT2D eigenvalue weighted by atomic mass is 9.72. The summed E-state index contributed by atoms with van der Waals surface area (Å²) in [6.07, 6.45) is 6.07. The van der Waals surface area contributed by atoms with Gasteiger partial charge in [-0.1, -0.05) is 12.1 Å². The third kappa shape index (κ3) is 2.36. The predicted molar refractivity (Wildman–Crippen MR) is 71.5 cm³/mol. The number of aliphatic hydroxyl groups is 1. The molecule has 0 heterocycles. The maximum Gasteiger partial charge on any atom is 0.171 e. The first-order valence-electron chi connectivity index (χ1n) is 7.19. The highest BCUT2D eigenvalue weighted by Crippen LogP contribution is 2.50. The molecule has 2 aliphatic carbocycles. The number of hydrogen-bond donors (Lipinski definition) is 1. The van der Waals surface area contributed by atoms with Gasteiger partial charge in [0, 0.05) is 5.56 Å². The smallest absolute Gasteiger partial charge is 0.171 e. The molecule has 2 nitrogen and oxygen atoms in total. The van der Waals surface area contributed by atoms with E-state index in [0.717, 1.165) is 12.3 Å². The molecular weight excluding hydrogens is 243 g/mol. The molecule has 0 spiro atoms. The molecule has 1 aromatic carbocycles. The van der Waals surface area contributed by atoms with Crippen molar-refractivity contribution in [2.45, 2.75) is 44.1 Å². The van der Waals surface area contributed by atoms with E-state index in [1.54, 1.807) is 18.2 Å². The van der Waals surface area contributed by atoms with Crippen LogP contribution in [0.1, 0.15) is 44.1 Å². The first-order chi connectivity index (χ1) is 9.14. The molecule has 0 amide bonds. The minimum atomic E-state index is -1.01. The number of benzene rings is 1. The second-order valence-electron chi connectivity index (χ2n) is 6.05. The van der Waals surface area contributed by atoms with Crippen LogP contribution in [0.4, 0.5) is 4.39 Å². The molecular formula is C16H21FO2. The van der Waals surface area contributed by atoms with Gasteiger partial charge in [-0.3, -0.25) is 0 Å². The lowest BCUT2D eigenvalue weighted by molar-refractivity contribution is -0.0281. The lowest BCUT2D eigenvalue weighted by Crippen LogP contribution is -2.34. The van der Waals surface area contributed by atoms with Crippen molar-refractivity contribution in [2.24, 2.45) is 11.8 Å². The predicted octanol–water partition coefficient (Wildman–Crippen LogP) is 3.62. The molecule has 0 bridgehead atoms. The first-order valence-corrected chi connectivity index (χ1v) is 7.19. The molecule has 0 saturated heterocycles. The summed E-state index contributed by atoms with van der Waals surface area (Å²) in [4.78, 5) is 0. The largest absolute Gasteiger partial charge is 0.494 e. The summed E-state index contributed by atoms with van der Waals surface area (Å²) in [6, 6.07) is 5.06. The highest BCUT2D eigenvalue weighted by molar-refractivity contribution is 5.35. The molecule has 104 valence electrons. The first kappa shape index (κ1) is 12.9. The van der Waals surface area contributed by atoms with E-state index < -0.39 is 11.4 Å². The van der Waals surface area contributed by atoms with Gasteiger partial charge in [0.2, 0.25) is 0 Å². The molecule has 2 saturated carbocycles. The third-order valence-electron chi connectivity index (χ3n) is 4.74. The van der Waals surface area contributed by atoms with Crippen LogP contribution in [0, 0.1) is 17.7 Å².